The lowest BCUT2D eigenvalue weighted by molar-refractivity contribution is -0.184. The van der Waals surface area contributed by atoms with Gasteiger partial charge in [0.1, 0.15) is 0 Å². The Hall–Kier alpha value is -3.36. The van der Waals surface area contributed by atoms with E-state index >= 15 is 0 Å². The van der Waals surface area contributed by atoms with E-state index < -0.39 is 34.8 Å². The molecule has 2 aromatic rings. The molecule has 2 aromatic carbocycles. The van der Waals surface area contributed by atoms with Crippen LogP contribution in [0.15, 0.2) is 48.5 Å². The molecule has 2 aliphatic rings. The molecule has 8 nitrogen and oxygen atoms in total. The number of carbonyl (C=O) groups excluding carboxylic acids is 4. The monoisotopic (exact) mass is 380 g/mol. The van der Waals surface area contributed by atoms with Gasteiger partial charge >= 0.3 is 0 Å². The molecule has 2 atom stereocenters. The largest absolute Gasteiger partial charge is 0.372 e. The zero-order valence-electron chi connectivity index (χ0n) is 15.0. The van der Waals surface area contributed by atoms with Crippen LogP contribution in [0.4, 0.5) is 11.4 Å². The second-order valence-electron chi connectivity index (χ2n) is 6.77. The van der Waals surface area contributed by atoms with Crippen LogP contribution in [0.25, 0.3) is 0 Å². The standard InChI is InChI=1S/C20H16N2O6/c1-11(23)21-15-9-5-3-7-13(15)19(27,17(21)25)20(28)14-8-4-6-10-16(14)22(12(2)24)18(20)26/h3-10,27-28H,1-2H3. The molecule has 2 unspecified atom stereocenters. The zero-order chi connectivity index (χ0) is 20.4. The number of fused-ring (bicyclic) bond motifs is 2. The Morgan fingerprint density at radius 1 is 0.714 bits per heavy atom. The van der Waals surface area contributed by atoms with Crippen molar-refractivity contribution in [2.45, 2.75) is 25.0 Å². The van der Waals surface area contributed by atoms with Crippen molar-refractivity contribution < 1.29 is 29.4 Å². The molecule has 0 aromatic heterocycles. The molecular formula is C20H16N2O6. The number of carbonyl (C=O) groups is 4. The quantitative estimate of drug-likeness (QED) is 0.747. The maximum absolute atomic E-state index is 13.2. The first-order valence-electron chi connectivity index (χ1n) is 8.51. The maximum atomic E-state index is 13.2. The number of anilines is 2. The summed E-state index contributed by atoms with van der Waals surface area (Å²) in [4.78, 5) is 52.0. The molecule has 4 rings (SSSR count). The van der Waals surface area contributed by atoms with Gasteiger partial charge < -0.3 is 10.2 Å². The summed E-state index contributed by atoms with van der Waals surface area (Å²) in [6.07, 6.45) is 0. The van der Waals surface area contributed by atoms with Crippen molar-refractivity contribution in [3.63, 3.8) is 0 Å². The van der Waals surface area contributed by atoms with E-state index in [4.69, 9.17) is 0 Å². The van der Waals surface area contributed by atoms with Gasteiger partial charge in [-0.1, -0.05) is 36.4 Å². The average Bonchev–Trinajstić information content (AvgIpc) is 3.04. The van der Waals surface area contributed by atoms with Crippen molar-refractivity contribution in [3.8, 4) is 0 Å². The predicted octanol–water partition coefficient (Wildman–Crippen LogP) is 0.548. The first-order valence-corrected chi connectivity index (χ1v) is 8.51. The summed E-state index contributed by atoms with van der Waals surface area (Å²) >= 11 is 0. The number of hydrogen-bond acceptors (Lipinski definition) is 6. The Balaban J connectivity index is 2.06. The van der Waals surface area contributed by atoms with Crippen LogP contribution < -0.4 is 9.80 Å². The Labute approximate surface area is 159 Å². The summed E-state index contributed by atoms with van der Waals surface area (Å²) in [6, 6.07) is 11.7. The summed E-state index contributed by atoms with van der Waals surface area (Å²) in [7, 11) is 0. The van der Waals surface area contributed by atoms with Gasteiger partial charge in [0.2, 0.25) is 23.0 Å². The molecule has 28 heavy (non-hydrogen) atoms. The van der Waals surface area contributed by atoms with Gasteiger partial charge in [-0.25, -0.2) is 9.80 Å². The van der Waals surface area contributed by atoms with E-state index in [-0.39, 0.29) is 22.5 Å². The van der Waals surface area contributed by atoms with E-state index in [0.29, 0.717) is 0 Å². The Morgan fingerprint density at radius 2 is 1.04 bits per heavy atom. The van der Waals surface area contributed by atoms with Crippen molar-refractivity contribution in [2.75, 3.05) is 9.80 Å². The highest BCUT2D eigenvalue weighted by atomic mass is 16.4. The Morgan fingerprint density at radius 3 is 1.36 bits per heavy atom. The minimum absolute atomic E-state index is 0.0717. The number of benzene rings is 2. The van der Waals surface area contributed by atoms with Crippen molar-refractivity contribution in [3.05, 3.63) is 59.7 Å². The second-order valence-corrected chi connectivity index (χ2v) is 6.77. The third kappa shape index (κ3) is 1.85. The van der Waals surface area contributed by atoms with Crippen LogP contribution in [0.3, 0.4) is 0 Å². The third-order valence-corrected chi connectivity index (χ3v) is 5.25. The molecule has 0 fully saturated rings. The molecule has 0 radical (unpaired) electrons. The highest BCUT2D eigenvalue weighted by molar-refractivity contribution is 6.28. The minimum Gasteiger partial charge on any atom is -0.372 e. The summed E-state index contributed by atoms with van der Waals surface area (Å²) in [6.45, 7) is 2.27. The van der Waals surface area contributed by atoms with E-state index in [2.05, 4.69) is 0 Å². The van der Waals surface area contributed by atoms with E-state index in [1.807, 2.05) is 0 Å². The van der Waals surface area contributed by atoms with E-state index in [9.17, 15) is 29.4 Å². The second kappa shape index (κ2) is 5.57. The molecule has 0 saturated heterocycles. The van der Waals surface area contributed by atoms with E-state index in [0.717, 1.165) is 23.6 Å². The number of amides is 4. The van der Waals surface area contributed by atoms with Crippen LogP contribution in [0.5, 0.6) is 0 Å². The number of hydrogen-bond donors (Lipinski definition) is 2. The van der Waals surface area contributed by atoms with Gasteiger partial charge in [-0.15, -0.1) is 0 Å². The van der Waals surface area contributed by atoms with Gasteiger partial charge in [-0.05, 0) is 12.1 Å². The molecule has 4 amide bonds. The normalized spacial score (nSPS) is 25.7. The van der Waals surface area contributed by atoms with Crippen LogP contribution in [-0.2, 0) is 30.4 Å². The number of para-hydroxylation sites is 2. The lowest BCUT2D eigenvalue weighted by Crippen LogP contribution is -2.60. The van der Waals surface area contributed by atoms with Gasteiger partial charge in [0.15, 0.2) is 0 Å². The van der Waals surface area contributed by atoms with Crippen LogP contribution in [0, 0.1) is 0 Å². The fourth-order valence-corrected chi connectivity index (χ4v) is 4.05. The topological polar surface area (TPSA) is 115 Å². The van der Waals surface area contributed by atoms with Crippen LogP contribution in [0.1, 0.15) is 25.0 Å². The van der Waals surface area contributed by atoms with Crippen LogP contribution >= 0.6 is 0 Å². The van der Waals surface area contributed by atoms with E-state index in [1.54, 1.807) is 12.1 Å². The number of rotatable bonds is 1. The van der Waals surface area contributed by atoms with Crippen LogP contribution in [0.2, 0.25) is 0 Å². The van der Waals surface area contributed by atoms with Gasteiger partial charge in [-0.3, -0.25) is 19.2 Å². The molecule has 142 valence electrons. The minimum atomic E-state index is -2.79. The van der Waals surface area contributed by atoms with Gasteiger partial charge in [0.05, 0.1) is 11.4 Å². The summed E-state index contributed by atoms with van der Waals surface area (Å²) < 4.78 is 0. The zero-order valence-corrected chi connectivity index (χ0v) is 15.0. The SMILES string of the molecule is CC(=O)N1C(=O)C(O)(C2(O)C(=O)N(C(C)=O)c3ccccc32)c2ccccc21. The molecule has 2 heterocycles. The van der Waals surface area contributed by atoms with Gasteiger partial charge in [0.25, 0.3) is 11.8 Å². The van der Waals surface area contributed by atoms with Crippen molar-refractivity contribution in [1.82, 2.24) is 0 Å². The third-order valence-electron chi connectivity index (χ3n) is 5.25. The highest BCUT2D eigenvalue weighted by Gasteiger charge is 2.71. The molecule has 0 bridgehead atoms. The lowest BCUT2D eigenvalue weighted by atomic mass is 9.74. The predicted molar refractivity (Wildman–Crippen MR) is 97.0 cm³/mol. The van der Waals surface area contributed by atoms with Crippen molar-refractivity contribution >= 4 is 35.0 Å². The van der Waals surface area contributed by atoms with Crippen molar-refractivity contribution in [1.29, 1.82) is 0 Å². The van der Waals surface area contributed by atoms with Crippen LogP contribution in [-0.4, -0.2) is 33.8 Å². The Bertz CT molecular complexity index is 994. The molecule has 0 saturated carbocycles. The summed E-state index contributed by atoms with van der Waals surface area (Å²) in [5.41, 5.74) is -5.61. The Kier molecular flexibility index (Phi) is 3.59. The van der Waals surface area contributed by atoms with Gasteiger partial charge in [0, 0.05) is 25.0 Å². The number of nitrogens with zero attached hydrogens (tertiary/aromatic N) is 2. The fraction of sp³-hybridized carbons (Fsp3) is 0.200. The molecule has 2 N–H and O–H groups in total. The number of imide groups is 2. The molecule has 0 spiro atoms. The first-order chi connectivity index (χ1) is 13.2. The molecule has 2 aliphatic heterocycles. The summed E-state index contributed by atoms with van der Waals surface area (Å²) in [5, 5.41) is 23.1. The average molecular weight is 380 g/mol. The maximum Gasteiger partial charge on any atom is 0.274 e. The smallest absolute Gasteiger partial charge is 0.274 e. The lowest BCUT2D eigenvalue weighted by Gasteiger charge is -2.35. The molecule has 0 aliphatic carbocycles. The van der Waals surface area contributed by atoms with E-state index in [1.165, 1.54) is 36.4 Å². The summed E-state index contributed by atoms with van der Waals surface area (Å²) in [5.74, 6) is -3.67. The molecule has 8 heteroatoms. The van der Waals surface area contributed by atoms with Gasteiger partial charge in [-0.2, -0.15) is 0 Å². The highest BCUT2D eigenvalue weighted by Crippen LogP contribution is 2.55. The van der Waals surface area contributed by atoms with Crippen molar-refractivity contribution in [2.24, 2.45) is 0 Å². The first kappa shape index (κ1) is 18.0. The fourth-order valence-electron chi connectivity index (χ4n) is 4.05. The number of aliphatic hydroxyl groups is 2. The molecular weight excluding hydrogens is 364 g/mol.